The van der Waals surface area contributed by atoms with Crippen molar-refractivity contribution in [3.05, 3.63) is 24.0 Å². The van der Waals surface area contributed by atoms with Crippen LogP contribution in [0, 0.1) is 6.92 Å². The van der Waals surface area contributed by atoms with Crippen molar-refractivity contribution in [3.8, 4) is 0 Å². The number of nitrogens with zero attached hydrogens (tertiary/aromatic N) is 2. The Morgan fingerprint density at radius 2 is 2.25 bits per heavy atom. The Kier molecular flexibility index (Phi) is 2.30. The van der Waals surface area contributed by atoms with Crippen molar-refractivity contribution in [2.45, 2.75) is 19.9 Å². The van der Waals surface area contributed by atoms with E-state index in [9.17, 15) is 4.79 Å². The van der Waals surface area contributed by atoms with Gasteiger partial charge < -0.3 is 15.4 Å². The van der Waals surface area contributed by atoms with Crippen molar-refractivity contribution in [1.29, 1.82) is 0 Å². The number of nitrogen functional groups attached to an aromatic ring is 1. The summed E-state index contributed by atoms with van der Waals surface area (Å²) in [5.74, 6) is -0.229. The number of aliphatic carboxylic acids is 1. The van der Waals surface area contributed by atoms with E-state index in [1.807, 2.05) is 6.07 Å². The molecule has 0 bridgehead atoms. The second-order valence-corrected chi connectivity index (χ2v) is 3.76. The van der Waals surface area contributed by atoms with Crippen LogP contribution in [0.5, 0.6) is 0 Å². The van der Waals surface area contributed by atoms with Gasteiger partial charge in [-0.3, -0.25) is 0 Å². The van der Waals surface area contributed by atoms with Crippen molar-refractivity contribution >= 4 is 22.7 Å². The molecule has 2 rings (SSSR count). The van der Waals surface area contributed by atoms with Crippen LogP contribution in [-0.2, 0) is 4.79 Å². The molecular formula is C11H13N3O2. The van der Waals surface area contributed by atoms with Crippen molar-refractivity contribution in [1.82, 2.24) is 9.55 Å². The number of anilines is 1. The summed E-state index contributed by atoms with van der Waals surface area (Å²) in [6.45, 7) is 3.40. The Morgan fingerprint density at radius 3 is 2.88 bits per heavy atom. The molecule has 0 amide bonds. The highest BCUT2D eigenvalue weighted by Crippen LogP contribution is 2.24. The number of fused-ring (bicyclic) bond motifs is 1. The fraction of sp³-hybridized carbons (Fsp3) is 0.273. The zero-order chi connectivity index (χ0) is 11.9. The van der Waals surface area contributed by atoms with E-state index in [1.54, 1.807) is 30.5 Å². The Morgan fingerprint density at radius 1 is 1.56 bits per heavy atom. The van der Waals surface area contributed by atoms with Crippen LogP contribution in [0.2, 0.25) is 0 Å². The van der Waals surface area contributed by atoms with E-state index in [1.165, 1.54) is 0 Å². The van der Waals surface area contributed by atoms with Crippen molar-refractivity contribution < 1.29 is 9.90 Å². The van der Waals surface area contributed by atoms with Crippen LogP contribution in [0.15, 0.2) is 18.2 Å². The first-order chi connectivity index (χ1) is 7.52. The number of carboxylic acid groups (broad SMARTS) is 1. The van der Waals surface area contributed by atoms with E-state index in [4.69, 9.17) is 10.8 Å². The van der Waals surface area contributed by atoms with Crippen molar-refractivity contribution in [2.75, 3.05) is 5.73 Å². The minimum atomic E-state index is -0.884. The molecule has 0 radical (unpaired) electrons. The molecule has 0 aliphatic carbocycles. The van der Waals surface area contributed by atoms with Crippen LogP contribution in [0.4, 0.5) is 5.69 Å². The summed E-state index contributed by atoms with van der Waals surface area (Å²) in [6.07, 6.45) is 0. The number of imidazole rings is 1. The molecule has 3 N–H and O–H groups in total. The highest BCUT2D eigenvalue weighted by Gasteiger charge is 2.19. The van der Waals surface area contributed by atoms with Crippen LogP contribution < -0.4 is 5.73 Å². The normalized spacial score (nSPS) is 12.9. The number of nitrogens with two attached hydrogens (primary N) is 1. The lowest BCUT2D eigenvalue weighted by molar-refractivity contribution is -0.140. The highest BCUT2D eigenvalue weighted by molar-refractivity contribution is 5.89. The molecule has 0 saturated carbocycles. The second kappa shape index (κ2) is 3.52. The minimum absolute atomic E-state index is 0.567. The van der Waals surface area contributed by atoms with Gasteiger partial charge in [-0.15, -0.1) is 0 Å². The summed E-state index contributed by atoms with van der Waals surface area (Å²) < 4.78 is 1.67. The summed E-state index contributed by atoms with van der Waals surface area (Å²) in [6, 6.07) is 4.73. The molecule has 0 aliphatic heterocycles. The van der Waals surface area contributed by atoms with Crippen LogP contribution in [0.3, 0.4) is 0 Å². The first kappa shape index (κ1) is 10.5. The Labute approximate surface area is 92.5 Å². The Bertz CT molecular complexity index is 560. The van der Waals surface area contributed by atoms with Gasteiger partial charge in [0, 0.05) is 0 Å². The summed E-state index contributed by atoms with van der Waals surface area (Å²) in [5.41, 5.74) is 7.78. The fourth-order valence-corrected chi connectivity index (χ4v) is 1.85. The predicted molar refractivity (Wildman–Crippen MR) is 61.2 cm³/mol. The van der Waals surface area contributed by atoms with Gasteiger partial charge in [-0.05, 0) is 26.0 Å². The van der Waals surface area contributed by atoms with Gasteiger partial charge in [-0.1, -0.05) is 6.07 Å². The van der Waals surface area contributed by atoms with E-state index in [0.29, 0.717) is 17.0 Å². The van der Waals surface area contributed by atoms with Crippen molar-refractivity contribution in [3.63, 3.8) is 0 Å². The molecule has 1 aromatic heterocycles. The third-order valence-corrected chi connectivity index (χ3v) is 2.67. The van der Waals surface area contributed by atoms with E-state index >= 15 is 0 Å². The summed E-state index contributed by atoms with van der Waals surface area (Å²) in [4.78, 5) is 15.3. The first-order valence-electron chi connectivity index (χ1n) is 4.98. The Balaban J connectivity index is 2.74. The van der Waals surface area contributed by atoms with Crippen LogP contribution in [-0.4, -0.2) is 20.6 Å². The van der Waals surface area contributed by atoms with Crippen LogP contribution in [0.1, 0.15) is 18.8 Å². The van der Waals surface area contributed by atoms with Crippen LogP contribution in [0.25, 0.3) is 11.0 Å². The van der Waals surface area contributed by atoms with E-state index < -0.39 is 12.0 Å². The predicted octanol–water partition coefficient (Wildman–Crippen LogP) is 1.57. The van der Waals surface area contributed by atoms with Gasteiger partial charge in [0.2, 0.25) is 0 Å². The molecule has 5 heteroatoms. The molecule has 16 heavy (non-hydrogen) atoms. The Hall–Kier alpha value is -2.04. The molecule has 0 aliphatic rings. The fourth-order valence-electron chi connectivity index (χ4n) is 1.85. The van der Waals surface area contributed by atoms with Gasteiger partial charge in [0.1, 0.15) is 17.4 Å². The summed E-state index contributed by atoms with van der Waals surface area (Å²) >= 11 is 0. The summed E-state index contributed by atoms with van der Waals surface area (Å²) in [5, 5.41) is 9.03. The van der Waals surface area contributed by atoms with Gasteiger partial charge in [0.25, 0.3) is 0 Å². The van der Waals surface area contributed by atoms with E-state index in [2.05, 4.69) is 4.98 Å². The zero-order valence-electron chi connectivity index (χ0n) is 9.14. The number of hydrogen-bond acceptors (Lipinski definition) is 3. The number of carbonyl (C=O) groups is 1. The lowest BCUT2D eigenvalue weighted by Gasteiger charge is -2.11. The molecule has 0 fully saturated rings. The number of aryl methyl sites for hydroxylation is 1. The van der Waals surface area contributed by atoms with E-state index in [0.717, 1.165) is 5.52 Å². The molecule has 84 valence electrons. The lowest BCUT2D eigenvalue weighted by atomic mass is 10.2. The van der Waals surface area contributed by atoms with Gasteiger partial charge >= 0.3 is 5.97 Å². The number of benzene rings is 1. The summed E-state index contributed by atoms with van der Waals surface area (Å²) in [7, 11) is 0. The molecule has 1 aromatic carbocycles. The molecule has 2 aromatic rings. The molecule has 1 heterocycles. The number of carboxylic acids is 1. The maximum Gasteiger partial charge on any atom is 0.326 e. The smallest absolute Gasteiger partial charge is 0.326 e. The quantitative estimate of drug-likeness (QED) is 0.751. The molecule has 5 nitrogen and oxygen atoms in total. The molecular weight excluding hydrogens is 206 g/mol. The second-order valence-electron chi connectivity index (χ2n) is 3.76. The molecule has 1 atom stereocenters. The third kappa shape index (κ3) is 1.41. The SMILES string of the molecule is Cc1nc2c(N)cccc2n1C(C)C(=O)O. The van der Waals surface area contributed by atoms with Gasteiger partial charge in [-0.2, -0.15) is 0 Å². The maximum absolute atomic E-state index is 11.0. The number of aromatic nitrogens is 2. The van der Waals surface area contributed by atoms with Crippen molar-refractivity contribution in [2.24, 2.45) is 0 Å². The molecule has 0 saturated heterocycles. The lowest BCUT2D eigenvalue weighted by Crippen LogP contribution is -2.16. The van der Waals surface area contributed by atoms with Crippen LogP contribution >= 0.6 is 0 Å². The molecule has 1 unspecified atom stereocenters. The van der Waals surface area contributed by atoms with Gasteiger partial charge in [0.05, 0.1) is 11.2 Å². The van der Waals surface area contributed by atoms with Gasteiger partial charge in [0.15, 0.2) is 0 Å². The number of rotatable bonds is 2. The first-order valence-corrected chi connectivity index (χ1v) is 4.98. The number of hydrogen-bond donors (Lipinski definition) is 2. The zero-order valence-corrected chi connectivity index (χ0v) is 9.14. The molecule has 0 spiro atoms. The topological polar surface area (TPSA) is 81.1 Å². The van der Waals surface area contributed by atoms with Gasteiger partial charge in [-0.25, -0.2) is 9.78 Å². The number of para-hydroxylation sites is 1. The average molecular weight is 219 g/mol. The maximum atomic E-state index is 11.0. The minimum Gasteiger partial charge on any atom is -0.480 e. The largest absolute Gasteiger partial charge is 0.480 e. The standard InChI is InChI=1S/C11H13N3O2/c1-6(11(15)16)14-7(2)13-10-8(12)4-3-5-9(10)14/h3-6H,12H2,1-2H3,(H,15,16). The third-order valence-electron chi connectivity index (χ3n) is 2.67. The highest BCUT2D eigenvalue weighted by atomic mass is 16.4. The monoisotopic (exact) mass is 219 g/mol. The average Bonchev–Trinajstić information content (AvgIpc) is 2.55. The van der Waals surface area contributed by atoms with E-state index in [-0.39, 0.29) is 0 Å².